The summed E-state index contributed by atoms with van der Waals surface area (Å²) in [6.45, 7) is 0. The maximum absolute atomic E-state index is 6.50. The van der Waals surface area contributed by atoms with Gasteiger partial charge in [-0.25, -0.2) is 0 Å². The van der Waals surface area contributed by atoms with E-state index in [9.17, 15) is 0 Å². The van der Waals surface area contributed by atoms with E-state index in [-0.39, 0.29) is 0 Å². The molecule has 1 atom stereocenters. The van der Waals surface area contributed by atoms with Crippen molar-refractivity contribution < 1.29 is 4.42 Å². The standard InChI is InChI=1S/C61H36N2O/c1-2-12-37(13-3-1)38-24-28-40(29-25-38)62(41-30-26-39(27-31-41)43-16-10-19-51-46-15-5-9-23-56(46)64-60(43)51)42-32-33-44-47-17-11-18-48-49-34-35-50-45-14-4-7-21-54(45)63-55-22-8-6-20-52(55)61(57(47)48,53(44)36-42)58(49)59(50)63/h1-36H. The summed E-state index contributed by atoms with van der Waals surface area (Å²) in [6.07, 6.45) is 0. The van der Waals surface area contributed by atoms with E-state index in [4.69, 9.17) is 4.42 Å². The van der Waals surface area contributed by atoms with Crippen molar-refractivity contribution >= 4 is 60.8 Å². The Morgan fingerprint density at radius 2 is 0.984 bits per heavy atom. The molecule has 0 amide bonds. The Bertz CT molecular complexity index is 3950. The average Bonchev–Trinajstić information content (AvgIpc) is 4.09. The van der Waals surface area contributed by atoms with Gasteiger partial charge in [-0.15, -0.1) is 0 Å². The Kier molecular flexibility index (Phi) is 6.61. The van der Waals surface area contributed by atoms with Crippen LogP contribution in [0.5, 0.6) is 0 Å². The number of nitrogens with zero attached hydrogens (tertiary/aromatic N) is 2. The number of furan rings is 1. The number of fused-ring (bicyclic) bond motifs is 11. The molecule has 296 valence electrons. The van der Waals surface area contributed by atoms with Crippen LogP contribution in [-0.4, -0.2) is 4.57 Å². The van der Waals surface area contributed by atoms with Crippen molar-refractivity contribution in [3.8, 4) is 50.2 Å². The first-order valence-corrected chi connectivity index (χ1v) is 22.2. The van der Waals surface area contributed by atoms with Crippen LogP contribution in [0.15, 0.2) is 223 Å². The lowest BCUT2D eigenvalue weighted by Gasteiger charge is -2.37. The molecule has 2 aromatic heterocycles. The second kappa shape index (κ2) is 12.4. The average molecular weight is 813 g/mol. The third-order valence-electron chi connectivity index (χ3n) is 14.5. The van der Waals surface area contributed by atoms with Crippen molar-refractivity contribution in [3.05, 3.63) is 241 Å². The molecule has 3 nitrogen and oxygen atoms in total. The lowest BCUT2D eigenvalue weighted by Crippen LogP contribution is -2.31. The molecule has 0 radical (unpaired) electrons. The monoisotopic (exact) mass is 812 g/mol. The van der Waals surface area contributed by atoms with Gasteiger partial charge in [0.25, 0.3) is 0 Å². The Labute approximate surface area is 369 Å². The summed E-state index contributed by atoms with van der Waals surface area (Å²) < 4.78 is 9.05. The molecule has 0 N–H and O–H groups in total. The summed E-state index contributed by atoms with van der Waals surface area (Å²) in [5, 5.41) is 4.87. The second-order valence-corrected chi connectivity index (χ2v) is 17.5. The topological polar surface area (TPSA) is 21.3 Å². The van der Waals surface area contributed by atoms with Gasteiger partial charge in [0, 0.05) is 49.7 Å². The minimum Gasteiger partial charge on any atom is -0.455 e. The molecule has 2 aliphatic carbocycles. The van der Waals surface area contributed by atoms with E-state index in [1.807, 2.05) is 6.07 Å². The SMILES string of the molecule is c1ccc(-c2ccc(N(c3ccc(-c4cccc5c4oc4ccccc45)cc3)c3ccc4c(c3)C35c6ccccc6-n6c7ccccc7c7ccc(c3c76)-c3cccc-4c35)cc2)cc1. The zero-order chi connectivity index (χ0) is 41.7. The molecule has 0 fully saturated rings. The van der Waals surface area contributed by atoms with Crippen LogP contribution < -0.4 is 4.90 Å². The van der Waals surface area contributed by atoms with Gasteiger partial charge in [-0.05, 0) is 110 Å². The predicted octanol–water partition coefficient (Wildman–Crippen LogP) is 16.1. The Hall–Kier alpha value is -8.40. The zero-order valence-electron chi connectivity index (χ0n) is 34.6. The maximum atomic E-state index is 6.50. The number of rotatable bonds is 5. The van der Waals surface area contributed by atoms with Crippen LogP contribution >= 0.6 is 0 Å². The Balaban J connectivity index is 0.962. The molecule has 3 heterocycles. The van der Waals surface area contributed by atoms with Crippen molar-refractivity contribution in [2.45, 2.75) is 5.41 Å². The molecule has 3 aliphatic rings. The highest BCUT2D eigenvalue weighted by atomic mass is 16.3. The summed E-state index contributed by atoms with van der Waals surface area (Å²) in [5.74, 6) is 0. The van der Waals surface area contributed by atoms with Gasteiger partial charge in [0.1, 0.15) is 11.2 Å². The highest BCUT2D eigenvalue weighted by Gasteiger charge is 2.56. The van der Waals surface area contributed by atoms with Gasteiger partial charge in [0.2, 0.25) is 0 Å². The molecule has 0 saturated heterocycles. The summed E-state index contributed by atoms with van der Waals surface area (Å²) in [7, 11) is 0. The number of aromatic nitrogens is 1. The molecule has 1 unspecified atom stereocenters. The quantitative estimate of drug-likeness (QED) is 0.173. The molecule has 0 bridgehead atoms. The largest absolute Gasteiger partial charge is 0.455 e. The first-order valence-electron chi connectivity index (χ1n) is 22.2. The van der Waals surface area contributed by atoms with Crippen LogP contribution in [0, 0.1) is 0 Å². The van der Waals surface area contributed by atoms with Crippen molar-refractivity contribution in [1.82, 2.24) is 4.57 Å². The fourth-order valence-electron chi connectivity index (χ4n) is 12.0. The van der Waals surface area contributed by atoms with Crippen LogP contribution in [0.1, 0.15) is 22.3 Å². The normalized spacial score (nSPS) is 14.9. The summed E-state index contributed by atoms with van der Waals surface area (Å²) >= 11 is 0. The number of anilines is 3. The van der Waals surface area contributed by atoms with Gasteiger partial charge in [-0.1, -0.05) is 164 Å². The maximum Gasteiger partial charge on any atom is 0.143 e. The molecule has 15 rings (SSSR count). The molecule has 12 aromatic rings. The number of hydrogen-bond acceptors (Lipinski definition) is 2. The van der Waals surface area contributed by atoms with E-state index < -0.39 is 5.41 Å². The number of para-hydroxylation sites is 4. The molecule has 1 spiro atoms. The first kappa shape index (κ1) is 34.2. The van der Waals surface area contributed by atoms with Crippen molar-refractivity contribution in [3.63, 3.8) is 0 Å². The van der Waals surface area contributed by atoms with Crippen LogP contribution in [0.4, 0.5) is 17.1 Å². The van der Waals surface area contributed by atoms with Gasteiger partial charge < -0.3 is 13.9 Å². The highest BCUT2D eigenvalue weighted by molar-refractivity contribution is 6.17. The minimum atomic E-state index is -0.481. The molecular weight excluding hydrogens is 777 g/mol. The van der Waals surface area contributed by atoms with Gasteiger partial charge in [0.15, 0.2) is 0 Å². The van der Waals surface area contributed by atoms with Crippen molar-refractivity contribution in [2.24, 2.45) is 0 Å². The molecular formula is C61H36N2O. The molecule has 3 heteroatoms. The Morgan fingerprint density at radius 1 is 0.375 bits per heavy atom. The van der Waals surface area contributed by atoms with E-state index in [1.54, 1.807) is 0 Å². The number of benzene rings is 10. The molecule has 64 heavy (non-hydrogen) atoms. The van der Waals surface area contributed by atoms with E-state index in [1.165, 1.54) is 83.1 Å². The van der Waals surface area contributed by atoms with Gasteiger partial charge >= 0.3 is 0 Å². The van der Waals surface area contributed by atoms with Crippen LogP contribution in [0.3, 0.4) is 0 Å². The highest BCUT2D eigenvalue weighted by Crippen LogP contribution is 2.68. The van der Waals surface area contributed by atoms with E-state index in [0.29, 0.717) is 0 Å². The van der Waals surface area contributed by atoms with Crippen LogP contribution in [0.25, 0.3) is 93.9 Å². The molecule has 10 aromatic carbocycles. The fourth-order valence-corrected chi connectivity index (χ4v) is 12.0. The zero-order valence-corrected chi connectivity index (χ0v) is 34.6. The van der Waals surface area contributed by atoms with Crippen molar-refractivity contribution in [1.29, 1.82) is 0 Å². The predicted molar refractivity (Wildman–Crippen MR) is 263 cm³/mol. The number of hydrogen-bond donors (Lipinski definition) is 0. The smallest absolute Gasteiger partial charge is 0.143 e. The lowest BCUT2D eigenvalue weighted by atomic mass is 9.68. The fraction of sp³-hybridized carbons (Fsp3) is 0.0164. The summed E-state index contributed by atoms with van der Waals surface area (Å²) in [4.78, 5) is 2.43. The van der Waals surface area contributed by atoms with E-state index in [2.05, 4.69) is 222 Å². The van der Waals surface area contributed by atoms with E-state index in [0.717, 1.165) is 50.1 Å². The lowest BCUT2D eigenvalue weighted by molar-refractivity contribution is 0.670. The Morgan fingerprint density at radius 3 is 1.83 bits per heavy atom. The van der Waals surface area contributed by atoms with Gasteiger partial charge in [-0.3, -0.25) is 0 Å². The van der Waals surface area contributed by atoms with Crippen LogP contribution in [-0.2, 0) is 5.41 Å². The third-order valence-corrected chi connectivity index (χ3v) is 14.5. The van der Waals surface area contributed by atoms with E-state index >= 15 is 0 Å². The van der Waals surface area contributed by atoms with Gasteiger partial charge in [0.05, 0.1) is 22.1 Å². The summed E-state index contributed by atoms with van der Waals surface area (Å²) in [6, 6.07) is 80.6. The first-order chi connectivity index (χ1) is 31.8. The molecule has 1 aliphatic heterocycles. The summed E-state index contributed by atoms with van der Waals surface area (Å²) in [5.41, 5.74) is 23.8. The molecule has 0 saturated carbocycles. The van der Waals surface area contributed by atoms with Crippen LogP contribution in [0.2, 0.25) is 0 Å². The second-order valence-electron chi connectivity index (χ2n) is 17.5. The third kappa shape index (κ3) is 4.26. The van der Waals surface area contributed by atoms with Gasteiger partial charge in [-0.2, -0.15) is 0 Å². The minimum absolute atomic E-state index is 0.481. The van der Waals surface area contributed by atoms with Crippen molar-refractivity contribution in [2.75, 3.05) is 4.90 Å².